The second kappa shape index (κ2) is 11.1. The summed E-state index contributed by atoms with van der Waals surface area (Å²) >= 11 is 0. The Balaban J connectivity index is 1.48. The number of fused-ring (bicyclic) bond motifs is 1. The van der Waals surface area contributed by atoms with E-state index in [1.54, 1.807) is 19.1 Å². The molecular weight excluding hydrogens is 490 g/mol. The lowest BCUT2D eigenvalue weighted by Gasteiger charge is -2.28. The number of likely N-dealkylation sites (tertiary alicyclic amines) is 1. The van der Waals surface area contributed by atoms with Crippen molar-refractivity contribution >= 4 is 5.97 Å². The van der Waals surface area contributed by atoms with Gasteiger partial charge >= 0.3 is 5.97 Å². The number of nitrogens with zero attached hydrogens (tertiary/aromatic N) is 2. The first kappa shape index (κ1) is 26.1. The summed E-state index contributed by atoms with van der Waals surface area (Å²) in [4.78, 5) is 17.6. The van der Waals surface area contributed by atoms with Crippen LogP contribution >= 0.6 is 0 Å². The summed E-state index contributed by atoms with van der Waals surface area (Å²) in [7, 11) is 1.50. The molecule has 38 heavy (non-hydrogen) atoms. The van der Waals surface area contributed by atoms with Crippen molar-refractivity contribution in [3.63, 3.8) is 0 Å². The van der Waals surface area contributed by atoms with Crippen LogP contribution in [0.2, 0.25) is 0 Å². The molecule has 0 amide bonds. The van der Waals surface area contributed by atoms with E-state index in [2.05, 4.69) is 9.88 Å². The van der Waals surface area contributed by atoms with E-state index >= 15 is 4.39 Å². The van der Waals surface area contributed by atoms with Gasteiger partial charge in [-0.25, -0.2) is 13.8 Å². The minimum atomic E-state index is -0.963. The number of carboxylic acids is 1. The van der Waals surface area contributed by atoms with Gasteiger partial charge in [0.05, 0.1) is 19.2 Å². The molecule has 0 saturated carbocycles. The first-order chi connectivity index (χ1) is 18.3. The Kier molecular flexibility index (Phi) is 7.61. The first-order valence-corrected chi connectivity index (χ1v) is 13.1. The van der Waals surface area contributed by atoms with Crippen LogP contribution in [0, 0.1) is 17.6 Å². The number of carbonyl (C=O) groups is 1. The third-order valence-electron chi connectivity index (χ3n) is 7.57. The van der Waals surface area contributed by atoms with Crippen LogP contribution in [0.3, 0.4) is 0 Å². The van der Waals surface area contributed by atoms with Gasteiger partial charge in [-0.2, -0.15) is 0 Å². The number of aryl methyl sites for hydroxylation is 1. The zero-order chi connectivity index (χ0) is 26.8. The molecule has 0 aliphatic carbocycles. The van der Waals surface area contributed by atoms with Crippen molar-refractivity contribution in [3.05, 3.63) is 76.5 Å². The minimum Gasteiger partial charge on any atom is -0.482 e. The van der Waals surface area contributed by atoms with Gasteiger partial charge in [-0.3, -0.25) is 9.69 Å². The Bertz CT molecular complexity index is 1340. The van der Waals surface area contributed by atoms with E-state index in [4.69, 9.17) is 9.47 Å². The average Bonchev–Trinajstić information content (AvgIpc) is 3.43. The van der Waals surface area contributed by atoms with Gasteiger partial charge in [-0.15, -0.1) is 0 Å². The monoisotopic (exact) mass is 522 g/mol. The Morgan fingerprint density at radius 3 is 2.68 bits per heavy atom. The molecule has 5 rings (SSSR count). The highest BCUT2D eigenvalue weighted by atomic mass is 19.1. The number of carboxylic acid groups (broad SMARTS) is 1. The third-order valence-corrected chi connectivity index (χ3v) is 7.57. The van der Waals surface area contributed by atoms with Crippen molar-refractivity contribution in [3.8, 4) is 22.8 Å². The van der Waals surface area contributed by atoms with Crippen molar-refractivity contribution < 1.29 is 28.2 Å². The third kappa shape index (κ3) is 5.36. The van der Waals surface area contributed by atoms with Crippen LogP contribution in [-0.4, -0.2) is 41.2 Å². The standard InChI is InChI=1S/C30H32F2N2O4/c1-18(30(35)36)13-21-6-5-19-8-10-26(38-29(19)28(21)32)20-7-9-23(22(14-20)17-34-11-3-4-12-34)24-15-27(37-2)33-16-25(24)31/h5-7,9,14-16,18,26H,3-4,8,10-13,17H2,1-2H3,(H,35,36). The van der Waals surface area contributed by atoms with Gasteiger partial charge < -0.3 is 14.6 Å². The van der Waals surface area contributed by atoms with Crippen molar-refractivity contribution in [1.29, 1.82) is 0 Å². The van der Waals surface area contributed by atoms with Gasteiger partial charge in [0.2, 0.25) is 5.88 Å². The highest BCUT2D eigenvalue weighted by Gasteiger charge is 2.28. The maximum atomic E-state index is 15.4. The second-order valence-corrected chi connectivity index (χ2v) is 10.2. The normalized spacial score (nSPS) is 18.1. The summed E-state index contributed by atoms with van der Waals surface area (Å²) < 4.78 is 41.8. The maximum absolute atomic E-state index is 15.4. The van der Waals surface area contributed by atoms with Crippen LogP contribution in [0.25, 0.3) is 11.1 Å². The van der Waals surface area contributed by atoms with Crippen LogP contribution in [0.5, 0.6) is 11.6 Å². The molecule has 2 atom stereocenters. The first-order valence-electron chi connectivity index (χ1n) is 13.1. The number of hydrogen-bond acceptors (Lipinski definition) is 5. The molecule has 2 aromatic carbocycles. The number of aliphatic carboxylic acids is 1. The summed E-state index contributed by atoms with van der Waals surface area (Å²) in [5.74, 6) is -2.03. The smallest absolute Gasteiger partial charge is 0.306 e. The highest BCUT2D eigenvalue weighted by Crippen LogP contribution is 2.40. The molecule has 200 valence electrons. The predicted molar refractivity (Wildman–Crippen MR) is 139 cm³/mol. The lowest BCUT2D eigenvalue weighted by Crippen LogP contribution is -2.21. The molecule has 1 fully saturated rings. The van der Waals surface area contributed by atoms with Gasteiger partial charge in [-0.05, 0) is 73.0 Å². The number of pyridine rings is 1. The van der Waals surface area contributed by atoms with Gasteiger partial charge in [0.25, 0.3) is 0 Å². The van der Waals surface area contributed by atoms with Crippen LogP contribution < -0.4 is 9.47 Å². The van der Waals surface area contributed by atoms with E-state index in [0.29, 0.717) is 36.4 Å². The fraction of sp³-hybridized carbons (Fsp3) is 0.400. The van der Waals surface area contributed by atoms with Crippen LogP contribution in [0.4, 0.5) is 8.78 Å². The van der Waals surface area contributed by atoms with Crippen molar-refractivity contribution in [2.75, 3.05) is 20.2 Å². The quantitative estimate of drug-likeness (QED) is 0.394. The minimum absolute atomic E-state index is 0.0953. The molecule has 8 heteroatoms. The molecule has 1 aromatic heterocycles. The summed E-state index contributed by atoms with van der Waals surface area (Å²) in [5.41, 5.74) is 4.19. The number of ether oxygens (including phenoxy) is 2. The zero-order valence-corrected chi connectivity index (χ0v) is 21.7. The van der Waals surface area contributed by atoms with Gasteiger partial charge in [0, 0.05) is 18.2 Å². The number of methoxy groups -OCH3 is 1. The van der Waals surface area contributed by atoms with Crippen LogP contribution in [0.15, 0.2) is 42.6 Å². The number of rotatable bonds is 8. The topological polar surface area (TPSA) is 71.9 Å². The van der Waals surface area contributed by atoms with Gasteiger partial charge in [0.15, 0.2) is 11.6 Å². The summed E-state index contributed by atoms with van der Waals surface area (Å²) in [6.07, 6.45) is 4.50. The lowest BCUT2D eigenvalue weighted by molar-refractivity contribution is -0.141. The molecule has 3 heterocycles. The highest BCUT2D eigenvalue weighted by molar-refractivity contribution is 5.70. The summed E-state index contributed by atoms with van der Waals surface area (Å²) in [5, 5.41) is 9.25. The molecule has 0 radical (unpaired) electrons. The van der Waals surface area contributed by atoms with E-state index < -0.39 is 23.5 Å². The molecule has 2 aliphatic heterocycles. The van der Waals surface area contributed by atoms with E-state index in [1.165, 1.54) is 13.3 Å². The number of hydrogen-bond donors (Lipinski definition) is 1. The second-order valence-electron chi connectivity index (χ2n) is 10.2. The van der Waals surface area contributed by atoms with Crippen molar-refractivity contribution in [2.24, 2.45) is 5.92 Å². The Morgan fingerprint density at radius 2 is 1.95 bits per heavy atom. The molecule has 0 spiro atoms. The molecule has 2 aliphatic rings. The Morgan fingerprint density at radius 1 is 1.16 bits per heavy atom. The Labute approximate surface area is 221 Å². The molecule has 1 N–H and O–H groups in total. The zero-order valence-electron chi connectivity index (χ0n) is 21.7. The molecule has 1 saturated heterocycles. The number of aromatic nitrogens is 1. The fourth-order valence-electron chi connectivity index (χ4n) is 5.39. The van der Waals surface area contributed by atoms with Crippen molar-refractivity contribution in [2.45, 2.75) is 51.7 Å². The van der Waals surface area contributed by atoms with Crippen LogP contribution in [-0.2, 0) is 24.2 Å². The Hall–Kier alpha value is -3.52. The molecule has 3 aromatic rings. The van der Waals surface area contributed by atoms with Gasteiger partial charge in [0.1, 0.15) is 11.9 Å². The fourth-order valence-corrected chi connectivity index (χ4v) is 5.39. The molecular formula is C30H32F2N2O4. The SMILES string of the molecule is COc1cc(-c2ccc(C3CCc4ccc(CC(C)C(=O)O)c(F)c4O3)cc2CN2CCCC2)c(F)cn1. The van der Waals surface area contributed by atoms with Crippen molar-refractivity contribution in [1.82, 2.24) is 9.88 Å². The average molecular weight is 523 g/mol. The van der Waals surface area contributed by atoms with E-state index in [-0.39, 0.29) is 18.3 Å². The molecule has 6 nitrogen and oxygen atoms in total. The van der Waals surface area contributed by atoms with Crippen LogP contribution in [0.1, 0.15) is 54.5 Å². The lowest BCUT2D eigenvalue weighted by atomic mass is 9.91. The number of halogens is 2. The predicted octanol–water partition coefficient (Wildman–Crippen LogP) is 5.96. The largest absolute Gasteiger partial charge is 0.482 e. The van der Waals surface area contributed by atoms with Gasteiger partial charge in [-0.1, -0.05) is 37.3 Å². The van der Waals surface area contributed by atoms with E-state index in [0.717, 1.165) is 48.2 Å². The van der Waals surface area contributed by atoms with E-state index in [1.807, 2.05) is 24.3 Å². The molecule has 2 unspecified atom stereocenters. The summed E-state index contributed by atoms with van der Waals surface area (Å²) in [6.45, 7) is 4.21. The molecule has 0 bridgehead atoms. The van der Waals surface area contributed by atoms with E-state index in [9.17, 15) is 14.3 Å². The number of benzene rings is 2. The summed E-state index contributed by atoms with van der Waals surface area (Å²) in [6, 6.07) is 11.0. The maximum Gasteiger partial charge on any atom is 0.306 e.